The van der Waals surface area contributed by atoms with Crippen LogP contribution in [-0.2, 0) is 0 Å². The maximum Gasteiger partial charge on any atom is 0.259 e. The molecule has 4 rings (SSSR count). The normalized spacial score (nSPS) is 11.0. The van der Waals surface area contributed by atoms with Crippen LogP contribution >= 0.6 is 27.3 Å². The number of para-hydroxylation sites is 1. The number of halogens is 1. The van der Waals surface area contributed by atoms with Gasteiger partial charge in [-0.25, -0.2) is 4.98 Å². The first-order chi connectivity index (χ1) is 12.1. The Morgan fingerprint density at radius 1 is 1.28 bits per heavy atom. The Kier molecular flexibility index (Phi) is 4.10. The lowest BCUT2D eigenvalue weighted by molar-refractivity contribution is 0.102. The largest absolute Gasteiger partial charge is 0.358 e. The minimum Gasteiger partial charge on any atom is -0.358 e. The van der Waals surface area contributed by atoms with Crippen LogP contribution in [0.3, 0.4) is 0 Å². The highest BCUT2D eigenvalue weighted by Gasteiger charge is 2.15. The number of aryl methyl sites for hydroxylation is 1. The molecule has 3 heterocycles. The van der Waals surface area contributed by atoms with Gasteiger partial charge in [-0.3, -0.25) is 15.1 Å². The van der Waals surface area contributed by atoms with Crippen LogP contribution in [0.25, 0.3) is 22.2 Å². The van der Waals surface area contributed by atoms with E-state index in [9.17, 15) is 4.79 Å². The van der Waals surface area contributed by atoms with Gasteiger partial charge in [0.1, 0.15) is 0 Å². The average molecular weight is 413 g/mol. The Bertz CT molecular complexity index is 1090. The molecule has 4 aromatic rings. The van der Waals surface area contributed by atoms with Crippen molar-refractivity contribution in [3.63, 3.8) is 0 Å². The summed E-state index contributed by atoms with van der Waals surface area (Å²) in [5.41, 5.74) is 4.53. The summed E-state index contributed by atoms with van der Waals surface area (Å²) in [6, 6.07) is 9.84. The number of hydrogen-bond acceptors (Lipinski definition) is 4. The van der Waals surface area contributed by atoms with Gasteiger partial charge >= 0.3 is 0 Å². The standard InChI is InChI=1S/C18H13BrN4OS/c1-10-16(13-4-2-3-5-14(13)21-10)15-9-25-18(22-15)23-17(24)11-6-12(19)8-20-7-11/h2-9,21H,1H3,(H,22,23,24). The molecular formula is C18H13BrN4OS. The third-order valence-corrected chi connectivity index (χ3v) is 5.03. The topological polar surface area (TPSA) is 70.7 Å². The van der Waals surface area contributed by atoms with Gasteiger partial charge in [0.25, 0.3) is 5.91 Å². The molecule has 0 saturated heterocycles. The van der Waals surface area contributed by atoms with Gasteiger partial charge in [0, 0.05) is 44.4 Å². The number of carbonyl (C=O) groups is 1. The van der Waals surface area contributed by atoms with Crippen molar-refractivity contribution in [2.75, 3.05) is 5.32 Å². The maximum atomic E-state index is 12.3. The highest BCUT2D eigenvalue weighted by Crippen LogP contribution is 2.33. The van der Waals surface area contributed by atoms with Crippen molar-refractivity contribution in [1.29, 1.82) is 0 Å². The Hall–Kier alpha value is -2.51. The molecule has 3 aromatic heterocycles. The van der Waals surface area contributed by atoms with Crippen molar-refractivity contribution in [3.05, 3.63) is 63.8 Å². The van der Waals surface area contributed by atoms with E-state index in [4.69, 9.17) is 0 Å². The SMILES string of the molecule is Cc1[nH]c2ccccc2c1-c1csc(NC(=O)c2cncc(Br)c2)n1. The van der Waals surface area contributed by atoms with Gasteiger partial charge in [-0.05, 0) is 35.0 Å². The lowest BCUT2D eigenvalue weighted by Gasteiger charge is -2.01. The van der Waals surface area contributed by atoms with Crippen molar-refractivity contribution >= 4 is 49.2 Å². The molecule has 0 fully saturated rings. The third-order valence-electron chi connectivity index (χ3n) is 3.84. The maximum absolute atomic E-state index is 12.3. The highest BCUT2D eigenvalue weighted by molar-refractivity contribution is 9.10. The number of nitrogens with zero attached hydrogens (tertiary/aromatic N) is 2. The van der Waals surface area contributed by atoms with Crippen LogP contribution in [0.2, 0.25) is 0 Å². The first kappa shape index (κ1) is 16.0. The summed E-state index contributed by atoms with van der Waals surface area (Å²) in [5.74, 6) is -0.231. The Morgan fingerprint density at radius 2 is 2.12 bits per heavy atom. The number of carbonyl (C=O) groups excluding carboxylic acids is 1. The molecule has 124 valence electrons. The number of amides is 1. The molecule has 2 N–H and O–H groups in total. The minimum absolute atomic E-state index is 0.231. The number of pyridine rings is 1. The third kappa shape index (κ3) is 3.08. The van der Waals surface area contributed by atoms with Crippen molar-refractivity contribution < 1.29 is 4.79 Å². The Balaban J connectivity index is 1.64. The molecule has 0 unspecified atom stereocenters. The number of rotatable bonds is 3. The number of nitrogens with one attached hydrogen (secondary N) is 2. The number of aromatic nitrogens is 3. The van der Waals surface area contributed by atoms with Crippen molar-refractivity contribution in [2.24, 2.45) is 0 Å². The fourth-order valence-corrected chi connectivity index (χ4v) is 3.82. The summed E-state index contributed by atoms with van der Waals surface area (Å²) < 4.78 is 0.759. The van der Waals surface area contributed by atoms with Crippen LogP contribution < -0.4 is 5.32 Å². The van der Waals surface area contributed by atoms with Gasteiger partial charge in [0.2, 0.25) is 0 Å². The molecule has 5 nitrogen and oxygen atoms in total. The van der Waals surface area contributed by atoms with Gasteiger partial charge in [-0.2, -0.15) is 0 Å². The lowest BCUT2D eigenvalue weighted by Crippen LogP contribution is -2.11. The number of benzene rings is 1. The quantitative estimate of drug-likeness (QED) is 0.496. The van der Waals surface area contributed by atoms with Crippen molar-refractivity contribution in [3.8, 4) is 11.3 Å². The van der Waals surface area contributed by atoms with Crippen LogP contribution in [0.1, 0.15) is 16.1 Å². The van der Waals surface area contributed by atoms with Crippen LogP contribution in [0, 0.1) is 6.92 Å². The van der Waals surface area contributed by atoms with Crippen molar-refractivity contribution in [1.82, 2.24) is 15.0 Å². The highest BCUT2D eigenvalue weighted by atomic mass is 79.9. The lowest BCUT2D eigenvalue weighted by atomic mass is 10.1. The van der Waals surface area contributed by atoms with E-state index < -0.39 is 0 Å². The van der Waals surface area contributed by atoms with Gasteiger partial charge in [0.15, 0.2) is 5.13 Å². The minimum atomic E-state index is -0.231. The van der Waals surface area contributed by atoms with E-state index in [2.05, 4.69) is 42.3 Å². The van der Waals surface area contributed by atoms with E-state index in [1.165, 1.54) is 17.5 Å². The molecule has 1 aromatic carbocycles. The summed E-state index contributed by atoms with van der Waals surface area (Å²) in [4.78, 5) is 24.3. The summed E-state index contributed by atoms with van der Waals surface area (Å²) >= 11 is 4.72. The summed E-state index contributed by atoms with van der Waals surface area (Å²) in [7, 11) is 0. The van der Waals surface area contributed by atoms with E-state index in [0.717, 1.165) is 32.3 Å². The van der Waals surface area contributed by atoms with E-state index in [1.807, 2.05) is 30.5 Å². The van der Waals surface area contributed by atoms with Crippen LogP contribution in [0.5, 0.6) is 0 Å². The molecule has 25 heavy (non-hydrogen) atoms. The monoisotopic (exact) mass is 412 g/mol. The second kappa shape index (κ2) is 6.42. The molecule has 0 saturated carbocycles. The first-order valence-electron chi connectivity index (χ1n) is 7.57. The molecule has 0 atom stereocenters. The van der Waals surface area contributed by atoms with E-state index in [1.54, 1.807) is 12.3 Å². The number of anilines is 1. The van der Waals surface area contributed by atoms with Crippen molar-refractivity contribution in [2.45, 2.75) is 6.92 Å². The molecular weight excluding hydrogens is 400 g/mol. The van der Waals surface area contributed by atoms with Crippen LogP contribution in [-0.4, -0.2) is 20.9 Å². The smallest absolute Gasteiger partial charge is 0.259 e. The van der Waals surface area contributed by atoms with Gasteiger partial charge in [0.05, 0.1) is 11.3 Å². The predicted octanol–water partition coefficient (Wildman–Crippen LogP) is 5.01. The summed E-state index contributed by atoms with van der Waals surface area (Å²) in [6.07, 6.45) is 3.16. The molecule has 0 bridgehead atoms. The van der Waals surface area contributed by atoms with Gasteiger partial charge in [-0.1, -0.05) is 18.2 Å². The zero-order valence-electron chi connectivity index (χ0n) is 13.2. The first-order valence-corrected chi connectivity index (χ1v) is 9.24. The number of hydrogen-bond donors (Lipinski definition) is 2. The molecule has 1 amide bonds. The number of fused-ring (bicyclic) bond motifs is 1. The fourth-order valence-electron chi connectivity index (χ4n) is 2.76. The molecule has 0 aliphatic heterocycles. The summed E-state index contributed by atoms with van der Waals surface area (Å²) in [6.45, 7) is 2.03. The molecule has 0 spiro atoms. The van der Waals surface area contributed by atoms with Gasteiger partial charge < -0.3 is 4.98 Å². The second-order valence-corrected chi connectivity index (χ2v) is 7.33. The predicted molar refractivity (Wildman–Crippen MR) is 104 cm³/mol. The van der Waals surface area contributed by atoms with E-state index >= 15 is 0 Å². The number of H-pyrrole nitrogens is 1. The van der Waals surface area contributed by atoms with E-state index in [-0.39, 0.29) is 5.91 Å². The Labute approximate surface area is 156 Å². The van der Waals surface area contributed by atoms with E-state index in [0.29, 0.717) is 10.7 Å². The van der Waals surface area contributed by atoms with Gasteiger partial charge in [-0.15, -0.1) is 11.3 Å². The molecule has 0 aliphatic carbocycles. The zero-order chi connectivity index (χ0) is 17.4. The number of thiazole rings is 1. The second-order valence-electron chi connectivity index (χ2n) is 5.55. The van der Waals surface area contributed by atoms with Crippen LogP contribution in [0.15, 0.2) is 52.6 Å². The number of aromatic amines is 1. The summed E-state index contributed by atoms with van der Waals surface area (Å²) in [5, 5.41) is 6.47. The van der Waals surface area contributed by atoms with Crippen LogP contribution in [0.4, 0.5) is 5.13 Å². The fraction of sp³-hybridized carbons (Fsp3) is 0.0556. The molecule has 7 heteroatoms. The Morgan fingerprint density at radius 3 is 2.96 bits per heavy atom. The molecule has 0 aliphatic rings. The molecule has 0 radical (unpaired) electrons. The zero-order valence-corrected chi connectivity index (χ0v) is 15.6. The average Bonchev–Trinajstić information content (AvgIpc) is 3.17.